The number of anilines is 2. The van der Waals surface area contributed by atoms with Crippen molar-refractivity contribution in [2.24, 2.45) is 0 Å². The van der Waals surface area contributed by atoms with Crippen LogP contribution in [-0.4, -0.2) is 40.1 Å². The molecule has 0 saturated carbocycles. The molecule has 0 spiro atoms. The first kappa shape index (κ1) is 32.6. The number of aryl methyl sites for hydroxylation is 1. The molecule has 1 aliphatic rings. The van der Waals surface area contributed by atoms with Gasteiger partial charge in [-0.2, -0.15) is 9.97 Å². The molecule has 11 heteroatoms. The molecule has 5 aromatic rings. The van der Waals surface area contributed by atoms with Gasteiger partial charge in [0, 0.05) is 18.8 Å². The summed E-state index contributed by atoms with van der Waals surface area (Å²) in [4.78, 5) is 33.7. The summed E-state index contributed by atoms with van der Waals surface area (Å²) in [6, 6.07) is 19.3. The molecule has 0 radical (unpaired) electrons. The average molecular weight is 649 g/mol. The molecule has 0 aliphatic carbocycles. The molecule has 4 aromatic heterocycles. The minimum atomic E-state index is -0.491. The number of amides is 1. The van der Waals surface area contributed by atoms with Crippen LogP contribution in [0, 0.1) is 6.92 Å². The minimum Gasteiger partial charge on any atom is -0.479 e. The van der Waals surface area contributed by atoms with Crippen molar-refractivity contribution in [1.82, 2.24) is 19.9 Å². The topological polar surface area (TPSA) is 125 Å². The molecule has 5 heterocycles. The number of fused-ring (bicyclic) bond motifs is 1. The van der Waals surface area contributed by atoms with Crippen molar-refractivity contribution in [3.63, 3.8) is 0 Å². The molecule has 0 atom stereocenters. The lowest BCUT2D eigenvalue weighted by Gasteiger charge is -2.24. The molecule has 1 amide bonds. The summed E-state index contributed by atoms with van der Waals surface area (Å²) < 4.78 is 23.7. The summed E-state index contributed by atoms with van der Waals surface area (Å²) in [5.41, 5.74) is 5.66. The zero-order valence-corrected chi connectivity index (χ0v) is 28.3. The van der Waals surface area contributed by atoms with E-state index in [1.54, 1.807) is 18.5 Å². The number of nitrogens with one attached hydrogen (secondary N) is 1. The standard InChI is InChI=1S/C37H40N6O5/c1-23-18-28-29(37(4,5)48-36(28,2)3)20-24(23)19-27-14-15-30(47-27)32(44)40-31-33(45-6)41-35(42-34(31)46-7)43(21-25-12-8-10-16-38-25)22-26-13-9-11-17-39-26/h8-18,20H,19,21-22H2,1-7H3,(H,40,44). The molecular formula is C37H40N6O5. The molecule has 0 unspecified atom stereocenters. The van der Waals surface area contributed by atoms with Crippen LogP contribution >= 0.6 is 0 Å². The SMILES string of the molecule is COc1nc(N(Cc2ccccn2)Cc2ccccn2)nc(OC)c1NC(=O)c1ccc(Cc2cc3c(cc2C)C(C)(C)OC3(C)C)o1. The predicted molar refractivity (Wildman–Crippen MR) is 181 cm³/mol. The lowest BCUT2D eigenvalue weighted by atomic mass is 9.86. The number of rotatable bonds is 11. The van der Waals surface area contributed by atoms with Gasteiger partial charge in [-0.25, -0.2) is 0 Å². The Hall–Kier alpha value is -5.29. The number of carbonyl (C=O) groups excluding carboxylic acids is 1. The first-order valence-electron chi connectivity index (χ1n) is 15.8. The maximum Gasteiger partial charge on any atom is 0.291 e. The highest BCUT2D eigenvalue weighted by Gasteiger charge is 2.43. The third-order valence-corrected chi connectivity index (χ3v) is 8.43. The molecule has 0 saturated heterocycles. The summed E-state index contributed by atoms with van der Waals surface area (Å²) in [6.07, 6.45) is 3.99. The van der Waals surface area contributed by atoms with Crippen LogP contribution in [0.5, 0.6) is 11.8 Å². The van der Waals surface area contributed by atoms with Crippen LogP contribution in [0.1, 0.15) is 77.7 Å². The summed E-state index contributed by atoms with van der Waals surface area (Å²) in [5, 5.41) is 2.84. The Morgan fingerprint density at radius 2 is 1.42 bits per heavy atom. The van der Waals surface area contributed by atoms with Crippen molar-refractivity contribution >= 4 is 17.5 Å². The highest BCUT2D eigenvalue weighted by molar-refractivity contribution is 6.03. The van der Waals surface area contributed by atoms with Crippen molar-refractivity contribution < 1.29 is 23.4 Å². The monoisotopic (exact) mass is 648 g/mol. The van der Waals surface area contributed by atoms with Crippen LogP contribution < -0.4 is 19.7 Å². The Balaban J connectivity index is 1.24. The van der Waals surface area contributed by atoms with Crippen LogP contribution in [0.25, 0.3) is 0 Å². The Labute approximate surface area is 280 Å². The van der Waals surface area contributed by atoms with Gasteiger partial charge < -0.3 is 28.8 Å². The van der Waals surface area contributed by atoms with Crippen molar-refractivity contribution in [3.05, 3.63) is 118 Å². The van der Waals surface area contributed by atoms with Crippen LogP contribution in [-0.2, 0) is 35.4 Å². The van der Waals surface area contributed by atoms with Gasteiger partial charge >= 0.3 is 0 Å². The third kappa shape index (κ3) is 6.72. The zero-order valence-electron chi connectivity index (χ0n) is 28.3. The number of pyridine rings is 2. The summed E-state index contributed by atoms with van der Waals surface area (Å²) >= 11 is 0. The van der Waals surface area contributed by atoms with Gasteiger partial charge in [0.2, 0.25) is 17.7 Å². The normalized spacial score (nSPS) is 14.3. The molecular weight excluding hydrogens is 608 g/mol. The fourth-order valence-corrected chi connectivity index (χ4v) is 6.17. The maximum absolute atomic E-state index is 13.5. The number of ether oxygens (including phenoxy) is 3. The second-order valence-corrected chi connectivity index (χ2v) is 12.8. The van der Waals surface area contributed by atoms with Crippen molar-refractivity contribution in [2.75, 3.05) is 24.4 Å². The number of benzene rings is 1. The van der Waals surface area contributed by atoms with Crippen molar-refractivity contribution in [1.29, 1.82) is 0 Å². The van der Waals surface area contributed by atoms with E-state index in [0.717, 1.165) is 22.5 Å². The van der Waals surface area contributed by atoms with E-state index in [1.165, 1.54) is 25.3 Å². The van der Waals surface area contributed by atoms with Gasteiger partial charge in [-0.1, -0.05) is 24.3 Å². The number of methoxy groups -OCH3 is 2. The highest BCUT2D eigenvalue weighted by Crippen LogP contribution is 2.47. The second-order valence-electron chi connectivity index (χ2n) is 12.8. The number of hydrogen-bond donors (Lipinski definition) is 1. The Morgan fingerprint density at radius 1 is 0.833 bits per heavy atom. The number of aromatic nitrogens is 4. The fraction of sp³-hybridized carbons (Fsp3) is 0.324. The number of furan rings is 1. The van der Waals surface area contributed by atoms with Crippen molar-refractivity contribution in [3.8, 4) is 11.8 Å². The molecule has 0 fully saturated rings. The second kappa shape index (κ2) is 13.1. The van der Waals surface area contributed by atoms with Gasteiger partial charge in [-0.15, -0.1) is 0 Å². The fourth-order valence-electron chi connectivity index (χ4n) is 6.17. The van der Waals surface area contributed by atoms with Crippen LogP contribution in [0.3, 0.4) is 0 Å². The predicted octanol–water partition coefficient (Wildman–Crippen LogP) is 6.74. The lowest BCUT2D eigenvalue weighted by molar-refractivity contribution is -0.105. The summed E-state index contributed by atoms with van der Waals surface area (Å²) in [6.45, 7) is 11.3. The van der Waals surface area contributed by atoms with E-state index in [-0.39, 0.29) is 28.8 Å². The summed E-state index contributed by atoms with van der Waals surface area (Å²) in [7, 11) is 2.95. The molecule has 0 bridgehead atoms. The van der Waals surface area contributed by atoms with Gasteiger partial charge in [-0.3, -0.25) is 14.8 Å². The van der Waals surface area contributed by atoms with Crippen molar-refractivity contribution in [2.45, 2.75) is 65.3 Å². The first-order valence-corrected chi connectivity index (χ1v) is 15.8. The Bertz CT molecular complexity index is 1860. The molecule has 48 heavy (non-hydrogen) atoms. The largest absolute Gasteiger partial charge is 0.479 e. The molecule has 1 N–H and O–H groups in total. The average Bonchev–Trinajstić information content (AvgIpc) is 3.60. The van der Waals surface area contributed by atoms with E-state index >= 15 is 0 Å². The van der Waals surface area contributed by atoms with E-state index in [9.17, 15) is 4.79 Å². The van der Waals surface area contributed by atoms with Crippen LogP contribution in [0.2, 0.25) is 0 Å². The van der Waals surface area contributed by atoms with Gasteiger partial charge in [0.1, 0.15) is 5.76 Å². The summed E-state index contributed by atoms with van der Waals surface area (Å²) in [5.74, 6) is 0.879. The molecule has 1 aromatic carbocycles. The van der Waals surface area contributed by atoms with Gasteiger partial charge in [-0.05, 0) is 93.3 Å². The van der Waals surface area contributed by atoms with Crippen LogP contribution in [0.4, 0.5) is 11.6 Å². The first-order chi connectivity index (χ1) is 23.0. The quantitative estimate of drug-likeness (QED) is 0.165. The van der Waals surface area contributed by atoms with Crippen LogP contribution in [0.15, 0.2) is 77.5 Å². The molecule has 248 valence electrons. The van der Waals surface area contributed by atoms with E-state index in [2.05, 4.69) is 72.0 Å². The molecule has 11 nitrogen and oxygen atoms in total. The highest BCUT2D eigenvalue weighted by atomic mass is 16.5. The van der Waals surface area contributed by atoms with E-state index < -0.39 is 11.5 Å². The molecule has 6 rings (SSSR count). The van der Waals surface area contributed by atoms with Gasteiger partial charge in [0.15, 0.2) is 11.4 Å². The Morgan fingerprint density at radius 3 is 1.96 bits per heavy atom. The minimum absolute atomic E-state index is 0.130. The van der Waals surface area contributed by atoms with Gasteiger partial charge in [0.25, 0.3) is 5.91 Å². The van der Waals surface area contributed by atoms with Gasteiger partial charge in [0.05, 0.1) is 49.9 Å². The lowest BCUT2D eigenvalue weighted by Crippen LogP contribution is -2.26. The van der Waals surface area contributed by atoms with E-state index in [1.807, 2.05) is 47.4 Å². The number of nitrogens with zero attached hydrogens (tertiary/aromatic N) is 5. The number of carbonyl (C=O) groups is 1. The number of hydrogen-bond acceptors (Lipinski definition) is 10. The maximum atomic E-state index is 13.5. The van der Waals surface area contributed by atoms with E-state index in [0.29, 0.717) is 31.2 Å². The molecule has 1 aliphatic heterocycles. The van der Waals surface area contributed by atoms with E-state index in [4.69, 9.17) is 18.6 Å². The zero-order chi connectivity index (χ0) is 34.1. The third-order valence-electron chi connectivity index (χ3n) is 8.43. The Kier molecular flexibility index (Phi) is 8.89. The smallest absolute Gasteiger partial charge is 0.291 e.